The first-order chi connectivity index (χ1) is 17.0. The van der Waals surface area contributed by atoms with E-state index in [0.717, 1.165) is 41.1 Å². The van der Waals surface area contributed by atoms with Crippen molar-refractivity contribution in [3.05, 3.63) is 70.2 Å². The molecule has 1 aliphatic rings. The molecule has 0 aliphatic carbocycles. The molecule has 1 amide bonds. The number of likely N-dealkylation sites (tertiary alicyclic amines) is 1. The topological polar surface area (TPSA) is 80.0 Å². The van der Waals surface area contributed by atoms with Crippen molar-refractivity contribution in [2.75, 3.05) is 13.1 Å². The molecule has 3 heterocycles. The summed E-state index contributed by atoms with van der Waals surface area (Å²) in [7, 11) is 0. The highest BCUT2D eigenvalue weighted by atomic mass is 16.6. The Bertz CT molecular complexity index is 1260. The molecule has 0 bridgehead atoms. The third kappa shape index (κ3) is 5.95. The highest BCUT2D eigenvalue weighted by Gasteiger charge is 2.33. The number of benzene rings is 1. The number of nitrogens with zero attached hydrogens (tertiary/aromatic N) is 4. The summed E-state index contributed by atoms with van der Waals surface area (Å²) in [6, 6.07) is 10.5. The van der Waals surface area contributed by atoms with Crippen molar-refractivity contribution in [2.45, 2.75) is 78.4 Å². The van der Waals surface area contributed by atoms with Crippen LogP contribution in [-0.4, -0.2) is 55.0 Å². The molecule has 7 heteroatoms. The van der Waals surface area contributed by atoms with Crippen LogP contribution in [0.1, 0.15) is 74.3 Å². The molecule has 0 atom stereocenters. The van der Waals surface area contributed by atoms with Crippen LogP contribution in [0, 0.1) is 13.8 Å². The monoisotopic (exact) mass is 490 g/mol. The van der Waals surface area contributed by atoms with Crippen molar-refractivity contribution in [1.29, 1.82) is 0 Å². The number of aromatic nitrogens is 3. The predicted octanol–water partition coefficient (Wildman–Crippen LogP) is 5.27. The lowest BCUT2D eigenvalue weighted by Gasteiger charge is -2.37. The van der Waals surface area contributed by atoms with Crippen molar-refractivity contribution in [3.8, 4) is 0 Å². The Balaban J connectivity index is 1.41. The van der Waals surface area contributed by atoms with Crippen LogP contribution in [0.2, 0.25) is 0 Å². The first kappa shape index (κ1) is 25.9. The Morgan fingerprint density at radius 1 is 1.17 bits per heavy atom. The zero-order valence-electron chi connectivity index (χ0n) is 22.3. The number of piperidine rings is 1. The summed E-state index contributed by atoms with van der Waals surface area (Å²) in [5, 5.41) is 15.8. The van der Waals surface area contributed by atoms with E-state index in [9.17, 15) is 9.90 Å². The van der Waals surface area contributed by atoms with Crippen LogP contribution < -0.4 is 0 Å². The van der Waals surface area contributed by atoms with Crippen LogP contribution in [0.25, 0.3) is 11.7 Å². The highest BCUT2D eigenvalue weighted by molar-refractivity contribution is 5.68. The van der Waals surface area contributed by atoms with Crippen LogP contribution in [0.5, 0.6) is 0 Å². The highest BCUT2D eigenvalue weighted by Crippen LogP contribution is 2.26. The molecule has 1 aliphatic heterocycles. The van der Waals surface area contributed by atoms with Crippen LogP contribution in [0.15, 0.2) is 36.4 Å². The van der Waals surface area contributed by atoms with Gasteiger partial charge in [0.25, 0.3) is 0 Å². The number of aliphatic hydroxyl groups is 1. The van der Waals surface area contributed by atoms with E-state index in [1.54, 1.807) is 4.90 Å². The average Bonchev–Trinajstić information content (AvgIpc) is 3.15. The molecule has 1 saturated heterocycles. The second-order valence-electron chi connectivity index (χ2n) is 10.9. The number of hydrogen-bond donors (Lipinski definition) is 1. The van der Waals surface area contributed by atoms with Gasteiger partial charge in [0, 0.05) is 36.5 Å². The van der Waals surface area contributed by atoms with Crippen molar-refractivity contribution in [1.82, 2.24) is 19.5 Å². The molecule has 3 aromatic rings. The minimum atomic E-state index is -0.925. The third-order valence-corrected chi connectivity index (χ3v) is 6.64. The summed E-state index contributed by atoms with van der Waals surface area (Å²) in [4.78, 5) is 18.7. The van der Waals surface area contributed by atoms with Gasteiger partial charge in [-0.05, 0) is 71.1 Å². The summed E-state index contributed by atoms with van der Waals surface area (Å²) in [6.07, 6.45) is 6.13. The predicted molar refractivity (Wildman–Crippen MR) is 142 cm³/mol. The maximum atomic E-state index is 12.3. The summed E-state index contributed by atoms with van der Waals surface area (Å²) in [6.45, 7) is 12.7. The van der Waals surface area contributed by atoms with Gasteiger partial charge in [0.05, 0.1) is 11.3 Å². The minimum Gasteiger partial charge on any atom is -0.444 e. The molecule has 36 heavy (non-hydrogen) atoms. The molecule has 1 aromatic carbocycles. The number of carbonyl (C=O) groups excluding carboxylic acids is 1. The maximum absolute atomic E-state index is 12.3. The molecule has 192 valence electrons. The van der Waals surface area contributed by atoms with E-state index in [4.69, 9.17) is 14.8 Å². The average molecular weight is 491 g/mol. The molecule has 2 aromatic heterocycles. The van der Waals surface area contributed by atoms with E-state index < -0.39 is 11.2 Å². The Morgan fingerprint density at radius 3 is 2.44 bits per heavy atom. The lowest BCUT2D eigenvalue weighted by Crippen LogP contribution is -2.47. The van der Waals surface area contributed by atoms with Gasteiger partial charge in [-0.3, -0.25) is 0 Å². The third-order valence-electron chi connectivity index (χ3n) is 6.64. The van der Waals surface area contributed by atoms with Crippen molar-refractivity contribution < 1.29 is 14.6 Å². The fraction of sp³-hybridized carbons (Fsp3) is 0.483. The van der Waals surface area contributed by atoms with E-state index in [0.29, 0.717) is 25.9 Å². The Hall–Kier alpha value is -3.19. The first-order valence-electron chi connectivity index (χ1n) is 12.8. The van der Waals surface area contributed by atoms with Crippen LogP contribution >= 0.6 is 0 Å². The minimum absolute atomic E-state index is 0.318. The fourth-order valence-corrected chi connectivity index (χ4v) is 4.65. The number of carbonyl (C=O) groups is 1. The van der Waals surface area contributed by atoms with E-state index in [-0.39, 0.29) is 6.09 Å². The quantitative estimate of drug-likeness (QED) is 0.527. The fourth-order valence-electron chi connectivity index (χ4n) is 4.65. The van der Waals surface area contributed by atoms with Gasteiger partial charge in [-0.25, -0.2) is 14.3 Å². The van der Waals surface area contributed by atoms with Gasteiger partial charge in [-0.2, -0.15) is 5.10 Å². The zero-order chi connectivity index (χ0) is 26.1. The Kier molecular flexibility index (Phi) is 7.23. The SMILES string of the molecule is CCc1nn2c(C)cc(C)nc2c1Cc1ccc(C=CC2(O)CCN(C(=O)OC(C)(C)C)CC2)cc1. The summed E-state index contributed by atoms with van der Waals surface area (Å²) in [5.74, 6) is 0. The number of rotatable bonds is 5. The van der Waals surface area contributed by atoms with Gasteiger partial charge in [0.1, 0.15) is 5.60 Å². The maximum Gasteiger partial charge on any atom is 0.410 e. The van der Waals surface area contributed by atoms with Gasteiger partial charge in [0.15, 0.2) is 5.65 Å². The molecule has 7 nitrogen and oxygen atoms in total. The number of aryl methyl sites for hydroxylation is 3. The van der Waals surface area contributed by atoms with Crippen molar-refractivity contribution >= 4 is 17.8 Å². The summed E-state index contributed by atoms with van der Waals surface area (Å²) in [5.41, 5.74) is 6.07. The lowest BCUT2D eigenvalue weighted by molar-refractivity contribution is -0.00827. The Labute approximate surface area is 213 Å². The van der Waals surface area contributed by atoms with Crippen LogP contribution in [0.3, 0.4) is 0 Å². The molecule has 0 saturated carbocycles. The molecule has 0 unspecified atom stereocenters. The normalized spacial score (nSPS) is 16.1. The van der Waals surface area contributed by atoms with E-state index >= 15 is 0 Å². The standard InChI is InChI=1S/C29H38N4O3/c1-7-25-24(26-30-20(2)18-21(3)33(26)31-25)19-23-10-8-22(9-11-23)12-13-29(35)14-16-32(17-15-29)27(34)36-28(4,5)6/h8-13,18,35H,7,14-17,19H2,1-6H3. The molecule has 1 N–H and O–H groups in total. The van der Waals surface area contributed by atoms with Crippen molar-refractivity contribution in [2.24, 2.45) is 0 Å². The second-order valence-corrected chi connectivity index (χ2v) is 10.9. The number of ether oxygens (including phenoxy) is 1. The second kappa shape index (κ2) is 10.1. The summed E-state index contributed by atoms with van der Waals surface area (Å²) < 4.78 is 7.40. The number of hydrogen-bond acceptors (Lipinski definition) is 5. The molecule has 1 fully saturated rings. The van der Waals surface area contributed by atoms with Crippen molar-refractivity contribution in [3.63, 3.8) is 0 Å². The van der Waals surface area contributed by atoms with Gasteiger partial charge in [-0.1, -0.05) is 43.3 Å². The summed E-state index contributed by atoms with van der Waals surface area (Å²) >= 11 is 0. The van der Waals surface area contributed by atoms with Crippen LogP contribution in [-0.2, 0) is 17.6 Å². The van der Waals surface area contributed by atoms with Crippen LogP contribution in [0.4, 0.5) is 4.79 Å². The number of amides is 1. The first-order valence-corrected chi connectivity index (χ1v) is 12.8. The molecule has 4 rings (SSSR count). The largest absolute Gasteiger partial charge is 0.444 e. The van der Waals surface area contributed by atoms with Gasteiger partial charge in [0.2, 0.25) is 0 Å². The smallest absolute Gasteiger partial charge is 0.410 e. The lowest BCUT2D eigenvalue weighted by atomic mass is 9.90. The van der Waals surface area contributed by atoms with E-state index in [1.165, 1.54) is 11.1 Å². The van der Waals surface area contributed by atoms with E-state index in [2.05, 4.69) is 44.2 Å². The zero-order valence-corrected chi connectivity index (χ0v) is 22.3. The Morgan fingerprint density at radius 2 is 1.83 bits per heavy atom. The van der Waals surface area contributed by atoms with Gasteiger partial charge < -0.3 is 14.7 Å². The van der Waals surface area contributed by atoms with E-state index in [1.807, 2.05) is 44.4 Å². The molecular weight excluding hydrogens is 452 g/mol. The number of fused-ring (bicyclic) bond motifs is 1. The van der Waals surface area contributed by atoms with Gasteiger partial charge in [-0.15, -0.1) is 0 Å². The molecular formula is C29H38N4O3. The molecule has 0 radical (unpaired) electrons. The molecule has 0 spiro atoms. The van der Waals surface area contributed by atoms with Gasteiger partial charge >= 0.3 is 6.09 Å².